The van der Waals surface area contributed by atoms with Gasteiger partial charge in [0.15, 0.2) is 0 Å². The van der Waals surface area contributed by atoms with Gasteiger partial charge < -0.3 is 10.8 Å². The van der Waals surface area contributed by atoms with E-state index in [1.165, 1.54) is 16.7 Å². The van der Waals surface area contributed by atoms with E-state index < -0.39 is 0 Å². The van der Waals surface area contributed by atoms with Gasteiger partial charge in [-0.05, 0) is 37.8 Å². The summed E-state index contributed by atoms with van der Waals surface area (Å²) < 4.78 is 0. The Morgan fingerprint density at radius 2 is 2.07 bits per heavy atom. The van der Waals surface area contributed by atoms with Crippen molar-refractivity contribution in [3.8, 4) is 0 Å². The third-order valence-corrected chi connectivity index (χ3v) is 3.64. The van der Waals surface area contributed by atoms with Crippen molar-refractivity contribution in [2.75, 3.05) is 6.61 Å². The molecule has 2 rings (SSSR count). The molecule has 0 bridgehead atoms. The molecule has 3 N–H and O–H groups in total. The lowest BCUT2D eigenvalue weighted by Crippen LogP contribution is -2.26. The highest BCUT2D eigenvalue weighted by Crippen LogP contribution is 2.53. The van der Waals surface area contributed by atoms with Gasteiger partial charge in [-0.25, -0.2) is 0 Å². The van der Waals surface area contributed by atoms with Gasteiger partial charge in [-0.3, -0.25) is 0 Å². The Hall–Kier alpha value is -0.860. The highest BCUT2D eigenvalue weighted by atomic mass is 16.3. The van der Waals surface area contributed by atoms with Crippen molar-refractivity contribution in [1.82, 2.24) is 0 Å². The Morgan fingerprint density at radius 1 is 1.40 bits per heavy atom. The van der Waals surface area contributed by atoms with Crippen LogP contribution in [0.3, 0.4) is 0 Å². The average Bonchev–Trinajstić information content (AvgIpc) is 3.01. The Balaban J connectivity index is 2.32. The van der Waals surface area contributed by atoms with E-state index in [1.807, 2.05) is 0 Å². The van der Waals surface area contributed by atoms with Crippen LogP contribution in [0.15, 0.2) is 18.2 Å². The minimum Gasteiger partial charge on any atom is -0.396 e. The van der Waals surface area contributed by atoms with Crippen LogP contribution in [0, 0.1) is 19.3 Å². The third kappa shape index (κ3) is 1.80. The fourth-order valence-corrected chi connectivity index (χ4v) is 2.15. The molecule has 1 atom stereocenters. The summed E-state index contributed by atoms with van der Waals surface area (Å²) in [5.74, 6) is 0. The van der Waals surface area contributed by atoms with E-state index in [-0.39, 0.29) is 18.1 Å². The molecule has 15 heavy (non-hydrogen) atoms. The maximum absolute atomic E-state index is 9.37. The van der Waals surface area contributed by atoms with E-state index in [1.54, 1.807) is 0 Å². The molecule has 1 aromatic carbocycles. The first-order chi connectivity index (χ1) is 7.09. The molecule has 2 heteroatoms. The van der Waals surface area contributed by atoms with Gasteiger partial charge in [0.25, 0.3) is 0 Å². The van der Waals surface area contributed by atoms with E-state index >= 15 is 0 Å². The molecule has 1 aliphatic rings. The Morgan fingerprint density at radius 3 is 2.60 bits per heavy atom. The summed E-state index contributed by atoms with van der Waals surface area (Å²) in [6, 6.07) is 6.35. The number of aryl methyl sites for hydroxylation is 2. The maximum atomic E-state index is 9.37. The first kappa shape index (κ1) is 10.7. The molecule has 0 heterocycles. The summed E-state index contributed by atoms with van der Waals surface area (Å²) >= 11 is 0. The molecular formula is C13H19NO. The van der Waals surface area contributed by atoms with Crippen molar-refractivity contribution >= 4 is 0 Å². The van der Waals surface area contributed by atoms with Crippen LogP contribution in [0.5, 0.6) is 0 Å². The first-order valence-electron chi connectivity index (χ1n) is 5.53. The molecule has 0 radical (unpaired) electrons. The normalized spacial score (nSPS) is 20.0. The van der Waals surface area contributed by atoms with Crippen LogP contribution in [0.4, 0.5) is 0 Å². The molecule has 0 spiro atoms. The predicted molar refractivity (Wildman–Crippen MR) is 61.6 cm³/mol. The van der Waals surface area contributed by atoms with Gasteiger partial charge in [0.2, 0.25) is 0 Å². The molecular weight excluding hydrogens is 186 g/mol. The molecule has 2 nitrogen and oxygen atoms in total. The maximum Gasteiger partial charge on any atom is 0.0505 e. The van der Waals surface area contributed by atoms with Crippen molar-refractivity contribution in [2.45, 2.75) is 32.7 Å². The highest BCUT2D eigenvalue weighted by Gasteiger charge is 2.48. The molecule has 0 aliphatic heterocycles. The Bertz CT molecular complexity index is 369. The summed E-state index contributed by atoms with van der Waals surface area (Å²) in [5, 5.41) is 9.37. The number of aliphatic hydroxyl groups is 1. The minimum atomic E-state index is -0.0292. The summed E-state index contributed by atoms with van der Waals surface area (Å²) in [7, 11) is 0. The van der Waals surface area contributed by atoms with Crippen LogP contribution in [-0.4, -0.2) is 11.7 Å². The summed E-state index contributed by atoms with van der Waals surface area (Å²) in [6.45, 7) is 4.37. The third-order valence-electron chi connectivity index (χ3n) is 3.64. The zero-order chi connectivity index (χ0) is 11.1. The molecule has 1 aliphatic carbocycles. The van der Waals surface area contributed by atoms with Gasteiger partial charge >= 0.3 is 0 Å². The van der Waals surface area contributed by atoms with Gasteiger partial charge in [0.1, 0.15) is 0 Å². The standard InChI is InChI=1S/C13H19NO/c1-9-3-4-10(2)11(7-9)12(14)13(8-15)5-6-13/h3-4,7,12,15H,5-6,8,14H2,1-2H3. The minimum absolute atomic E-state index is 0.0117. The lowest BCUT2D eigenvalue weighted by atomic mass is 9.88. The molecule has 1 aromatic rings. The number of aliphatic hydroxyl groups excluding tert-OH is 1. The molecule has 1 fully saturated rings. The van der Waals surface area contributed by atoms with Crippen molar-refractivity contribution in [3.05, 3.63) is 34.9 Å². The van der Waals surface area contributed by atoms with Gasteiger partial charge in [-0.2, -0.15) is 0 Å². The van der Waals surface area contributed by atoms with E-state index in [2.05, 4.69) is 32.0 Å². The van der Waals surface area contributed by atoms with Crippen molar-refractivity contribution in [3.63, 3.8) is 0 Å². The van der Waals surface area contributed by atoms with Crippen molar-refractivity contribution in [2.24, 2.45) is 11.1 Å². The molecule has 1 saturated carbocycles. The van der Waals surface area contributed by atoms with Gasteiger partial charge in [0.05, 0.1) is 6.61 Å². The SMILES string of the molecule is Cc1ccc(C)c(C(N)C2(CO)CC2)c1. The van der Waals surface area contributed by atoms with E-state index in [4.69, 9.17) is 5.73 Å². The first-order valence-corrected chi connectivity index (χ1v) is 5.53. The number of benzene rings is 1. The zero-order valence-corrected chi connectivity index (χ0v) is 9.46. The quantitative estimate of drug-likeness (QED) is 0.793. The van der Waals surface area contributed by atoms with E-state index in [0.29, 0.717) is 0 Å². The van der Waals surface area contributed by atoms with Gasteiger partial charge in [0, 0.05) is 11.5 Å². The fourth-order valence-electron chi connectivity index (χ4n) is 2.15. The number of rotatable bonds is 3. The molecule has 82 valence electrons. The summed E-state index contributed by atoms with van der Waals surface area (Å²) in [4.78, 5) is 0. The monoisotopic (exact) mass is 205 g/mol. The molecule has 0 amide bonds. The van der Waals surface area contributed by atoms with E-state index in [0.717, 1.165) is 12.8 Å². The highest BCUT2D eigenvalue weighted by molar-refractivity contribution is 5.35. The second kappa shape index (κ2) is 3.62. The van der Waals surface area contributed by atoms with Crippen LogP contribution in [0.2, 0.25) is 0 Å². The van der Waals surface area contributed by atoms with Crippen LogP contribution < -0.4 is 5.73 Å². The number of hydrogen-bond acceptors (Lipinski definition) is 2. The lowest BCUT2D eigenvalue weighted by molar-refractivity contribution is 0.187. The fraction of sp³-hybridized carbons (Fsp3) is 0.538. The molecule has 0 aromatic heterocycles. The van der Waals surface area contributed by atoms with Gasteiger partial charge in [-0.1, -0.05) is 23.8 Å². The lowest BCUT2D eigenvalue weighted by Gasteiger charge is -2.23. The number of hydrogen-bond donors (Lipinski definition) is 2. The van der Waals surface area contributed by atoms with Crippen LogP contribution >= 0.6 is 0 Å². The topological polar surface area (TPSA) is 46.2 Å². The number of nitrogens with two attached hydrogens (primary N) is 1. The van der Waals surface area contributed by atoms with Gasteiger partial charge in [-0.15, -0.1) is 0 Å². The molecule has 1 unspecified atom stereocenters. The predicted octanol–water partition coefficient (Wildman–Crippen LogP) is 2.08. The van der Waals surface area contributed by atoms with Crippen molar-refractivity contribution in [1.29, 1.82) is 0 Å². The van der Waals surface area contributed by atoms with Crippen LogP contribution in [-0.2, 0) is 0 Å². The van der Waals surface area contributed by atoms with Crippen LogP contribution in [0.25, 0.3) is 0 Å². The second-order valence-electron chi connectivity index (χ2n) is 4.86. The Labute approximate surface area is 91.1 Å². The average molecular weight is 205 g/mol. The van der Waals surface area contributed by atoms with E-state index in [9.17, 15) is 5.11 Å². The van der Waals surface area contributed by atoms with Crippen molar-refractivity contribution < 1.29 is 5.11 Å². The largest absolute Gasteiger partial charge is 0.396 e. The Kier molecular flexibility index (Phi) is 2.57. The summed E-state index contributed by atoms with van der Waals surface area (Å²) in [6.07, 6.45) is 2.11. The smallest absolute Gasteiger partial charge is 0.0505 e. The van der Waals surface area contributed by atoms with Crippen LogP contribution in [0.1, 0.15) is 35.6 Å². The summed E-state index contributed by atoms with van der Waals surface area (Å²) in [5.41, 5.74) is 9.89. The zero-order valence-electron chi connectivity index (χ0n) is 9.46. The second-order valence-corrected chi connectivity index (χ2v) is 4.86. The molecule has 0 saturated heterocycles.